The number of aryl methyl sites for hydroxylation is 2. The number of aliphatic imine (C=N–C) groups is 1. The summed E-state index contributed by atoms with van der Waals surface area (Å²) in [6.45, 7) is 8.82. The molecule has 1 aromatic heterocycles. The molecule has 4 nitrogen and oxygen atoms in total. The van der Waals surface area contributed by atoms with Crippen molar-refractivity contribution in [3.05, 3.63) is 41.4 Å². The summed E-state index contributed by atoms with van der Waals surface area (Å²) in [4.78, 5) is 13.2. The Morgan fingerprint density at radius 2 is 1.84 bits per heavy atom. The molecule has 1 aromatic rings. The Morgan fingerprint density at radius 1 is 1.16 bits per heavy atom. The number of hydrogen-bond acceptors (Lipinski definition) is 4. The van der Waals surface area contributed by atoms with Crippen molar-refractivity contribution >= 4 is 12.2 Å². The molecule has 0 aromatic carbocycles. The lowest BCUT2D eigenvalue weighted by Crippen LogP contribution is -2.10. The fourth-order valence-corrected chi connectivity index (χ4v) is 1.82. The summed E-state index contributed by atoms with van der Waals surface area (Å²) < 4.78 is 0. The Balaban J connectivity index is 2.03. The van der Waals surface area contributed by atoms with Crippen LogP contribution in [0.2, 0.25) is 0 Å². The van der Waals surface area contributed by atoms with Crippen LogP contribution >= 0.6 is 0 Å². The number of allylic oxidation sites excluding steroid dienone is 3. The maximum absolute atomic E-state index is 4.49. The van der Waals surface area contributed by atoms with Gasteiger partial charge < -0.3 is 5.32 Å². The Hall–Kier alpha value is -1.97. The molecule has 100 valence electrons. The zero-order valence-electron chi connectivity index (χ0n) is 11.9. The van der Waals surface area contributed by atoms with Crippen LogP contribution in [0, 0.1) is 19.3 Å². The fraction of sp³-hybridized carbons (Fsp3) is 0.400. The first-order valence-electron chi connectivity index (χ1n) is 6.44. The SMILES string of the molecule is Cc1cc(C)nc(NCC2=CC=CC(C)(C)C=N2)n1. The van der Waals surface area contributed by atoms with Crippen molar-refractivity contribution in [3.63, 3.8) is 0 Å². The lowest BCUT2D eigenvalue weighted by atomic mass is 9.95. The standard InChI is InChI=1S/C15H20N4/c1-11-8-12(2)19-14(18-11)16-9-13-6-5-7-15(3,4)10-17-13/h5-8,10H,9H2,1-4H3,(H,16,18,19). The summed E-state index contributed by atoms with van der Waals surface area (Å²) >= 11 is 0. The molecule has 0 saturated heterocycles. The Bertz CT molecular complexity index is 533. The van der Waals surface area contributed by atoms with E-state index in [1.54, 1.807) is 0 Å². The fourth-order valence-electron chi connectivity index (χ4n) is 1.82. The first-order valence-corrected chi connectivity index (χ1v) is 6.44. The van der Waals surface area contributed by atoms with E-state index in [1.807, 2.05) is 38.3 Å². The highest BCUT2D eigenvalue weighted by Gasteiger charge is 2.11. The van der Waals surface area contributed by atoms with E-state index < -0.39 is 0 Å². The molecular weight excluding hydrogens is 236 g/mol. The molecule has 4 heteroatoms. The monoisotopic (exact) mass is 256 g/mol. The van der Waals surface area contributed by atoms with E-state index in [2.05, 4.69) is 40.2 Å². The molecule has 0 saturated carbocycles. The molecule has 1 aliphatic heterocycles. The van der Waals surface area contributed by atoms with Crippen molar-refractivity contribution < 1.29 is 0 Å². The van der Waals surface area contributed by atoms with E-state index in [4.69, 9.17) is 0 Å². The van der Waals surface area contributed by atoms with Crippen molar-refractivity contribution in [3.8, 4) is 0 Å². The van der Waals surface area contributed by atoms with Crippen LogP contribution < -0.4 is 5.32 Å². The molecule has 0 bridgehead atoms. The van der Waals surface area contributed by atoms with Gasteiger partial charge in [0.1, 0.15) is 0 Å². The van der Waals surface area contributed by atoms with Gasteiger partial charge in [-0.25, -0.2) is 9.97 Å². The van der Waals surface area contributed by atoms with E-state index in [0.717, 1.165) is 17.1 Å². The van der Waals surface area contributed by atoms with Crippen LogP contribution in [0.3, 0.4) is 0 Å². The first-order chi connectivity index (χ1) is 8.94. The lowest BCUT2D eigenvalue weighted by molar-refractivity contribution is 0.694. The number of nitrogens with one attached hydrogen (secondary N) is 1. The number of nitrogens with zero attached hydrogens (tertiary/aromatic N) is 3. The van der Waals surface area contributed by atoms with Crippen molar-refractivity contribution in [2.75, 3.05) is 11.9 Å². The van der Waals surface area contributed by atoms with E-state index in [9.17, 15) is 0 Å². The molecule has 0 spiro atoms. The summed E-state index contributed by atoms with van der Waals surface area (Å²) in [6, 6.07) is 1.96. The highest BCUT2D eigenvalue weighted by atomic mass is 15.1. The summed E-state index contributed by atoms with van der Waals surface area (Å²) in [7, 11) is 0. The zero-order chi connectivity index (χ0) is 13.9. The maximum atomic E-state index is 4.49. The number of hydrogen-bond donors (Lipinski definition) is 1. The van der Waals surface area contributed by atoms with Crippen molar-refractivity contribution in [1.29, 1.82) is 0 Å². The molecule has 19 heavy (non-hydrogen) atoms. The van der Waals surface area contributed by atoms with Gasteiger partial charge in [-0.2, -0.15) is 0 Å². The second kappa shape index (κ2) is 5.34. The van der Waals surface area contributed by atoms with E-state index in [-0.39, 0.29) is 5.41 Å². The lowest BCUT2D eigenvalue weighted by Gasteiger charge is -2.11. The van der Waals surface area contributed by atoms with Crippen LogP contribution in [0.4, 0.5) is 5.95 Å². The smallest absolute Gasteiger partial charge is 0.223 e. The molecule has 1 aliphatic rings. The highest BCUT2D eigenvalue weighted by molar-refractivity contribution is 5.69. The second-order valence-electron chi connectivity index (χ2n) is 5.42. The van der Waals surface area contributed by atoms with Gasteiger partial charge in [-0.3, -0.25) is 4.99 Å². The van der Waals surface area contributed by atoms with Gasteiger partial charge in [0.15, 0.2) is 0 Å². The molecule has 0 atom stereocenters. The predicted molar refractivity (Wildman–Crippen MR) is 79.5 cm³/mol. The van der Waals surface area contributed by atoms with Crippen LogP contribution in [0.25, 0.3) is 0 Å². The third-order valence-corrected chi connectivity index (χ3v) is 2.79. The van der Waals surface area contributed by atoms with Gasteiger partial charge in [0, 0.05) is 23.0 Å². The van der Waals surface area contributed by atoms with Gasteiger partial charge in [0.25, 0.3) is 0 Å². The average molecular weight is 256 g/mol. The van der Waals surface area contributed by atoms with Crippen molar-refractivity contribution in [2.24, 2.45) is 10.4 Å². The largest absolute Gasteiger partial charge is 0.349 e. The Morgan fingerprint density at radius 3 is 2.53 bits per heavy atom. The summed E-state index contributed by atoms with van der Waals surface area (Å²) in [5.41, 5.74) is 2.92. The quantitative estimate of drug-likeness (QED) is 0.904. The highest BCUT2D eigenvalue weighted by Crippen LogP contribution is 2.18. The van der Waals surface area contributed by atoms with E-state index in [1.165, 1.54) is 0 Å². The molecule has 0 aliphatic carbocycles. The molecule has 0 radical (unpaired) electrons. The minimum atomic E-state index is 0.00860. The van der Waals surface area contributed by atoms with Crippen LogP contribution in [0.5, 0.6) is 0 Å². The summed E-state index contributed by atoms with van der Waals surface area (Å²) in [6.07, 6.45) is 8.16. The van der Waals surface area contributed by atoms with Crippen LogP contribution in [0.15, 0.2) is 35.0 Å². The van der Waals surface area contributed by atoms with Gasteiger partial charge in [0.05, 0.1) is 12.2 Å². The predicted octanol–water partition coefficient (Wildman–Crippen LogP) is 3.06. The Labute approximate surface area is 114 Å². The van der Waals surface area contributed by atoms with Crippen LogP contribution in [-0.2, 0) is 0 Å². The first kappa shape index (κ1) is 13.5. The van der Waals surface area contributed by atoms with Crippen LogP contribution in [0.1, 0.15) is 25.2 Å². The van der Waals surface area contributed by atoms with Gasteiger partial charge in [-0.05, 0) is 26.0 Å². The molecule has 2 rings (SSSR count). The van der Waals surface area contributed by atoms with Crippen molar-refractivity contribution in [2.45, 2.75) is 27.7 Å². The molecule has 2 heterocycles. The zero-order valence-corrected chi connectivity index (χ0v) is 11.9. The maximum Gasteiger partial charge on any atom is 0.223 e. The van der Waals surface area contributed by atoms with E-state index in [0.29, 0.717) is 12.5 Å². The van der Waals surface area contributed by atoms with E-state index >= 15 is 0 Å². The number of anilines is 1. The Kier molecular flexibility index (Phi) is 3.79. The summed E-state index contributed by atoms with van der Waals surface area (Å²) in [5.74, 6) is 0.654. The van der Waals surface area contributed by atoms with Crippen molar-refractivity contribution in [1.82, 2.24) is 9.97 Å². The topological polar surface area (TPSA) is 50.2 Å². The van der Waals surface area contributed by atoms with Gasteiger partial charge in [-0.1, -0.05) is 26.0 Å². The number of rotatable bonds is 3. The van der Waals surface area contributed by atoms with Gasteiger partial charge in [-0.15, -0.1) is 0 Å². The van der Waals surface area contributed by atoms with Gasteiger partial charge in [0.2, 0.25) is 5.95 Å². The third kappa shape index (κ3) is 4.02. The third-order valence-electron chi connectivity index (χ3n) is 2.79. The average Bonchev–Trinajstić information content (AvgIpc) is 2.46. The molecule has 1 N–H and O–H groups in total. The van der Waals surface area contributed by atoms with Crippen LogP contribution in [-0.4, -0.2) is 22.7 Å². The second-order valence-corrected chi connectivity index (χ2v) is 5.42. The molecular formula is C15H20N4. The molecule has 0 fully saturated rings. The minimum absolute atomic E-state index is 0.00860. The minimum Gasteiger partial charge on any atom is -0.349 e. The molecule has 0 amide bonds. The summed E-state index contributed by atoms with van der Waals surface area (Å²) in [5, 5.41) is 3.21. The number of aromatic nitrogens is 2. The van der Waals surface area contributed by atoms with Gasteiger partial charge >= 0.3 is 0 Å². The molecule has 0 unspecified atom stereocenters. The normalized spacial score (nSPS) is 16.9.